The molecule has 1 amide bonds. The Morgan fingerprint density at radius 1 is 1.18 bits per heavy atom. The summed E-state index contributed by atoms with van der Waals surface area (Å²) < 4.78 is 30.8. The molecule has 178 valence electrons. The predicted octanol–water partition coefficient (Wildman–Crippen LogP) is 4.03. The van der Waals surface area contributed by atoms with Crippen LogP contribution in [0.3, 0.4) is 0 Å². The second kappa shape index (κ2) is 10.9. The summed E-state index contributed by atoms with van der Waals surface area (Å²) >= 11 is 6.20. The number of amides is 1. The van der Waals surface area contributed by atoms with Gasteiger partial charge < -0.3 is 9.47 Å². The zero-order valence-corrected chi connectivity index (χ0v) is 20.9. The number of nitrogens with one attached hydrogen (secondary N) is 1. The van der Waals surface area contributed by atoms with Crippen molar-refractivity contribution >= 4 is 27.5 Å². The van der Waals surface area contributed by atoms with E-state index < -0.39 is 16.1 Å². The fraction of sp³-hybridized carbons (Fsp3) is 0.280. The Bertz CT molecular complexity index is 1310. The number of likely N-dealkylation sites (N-methyl/N-ethyl adjacent to an activating group) is 1. The van der Waals surface area contributed by atoms with Crippen molar-refractivity contribution in [3.63, 3.8) is 0 Å². The molecule has 1 unspecified atom stereocenters. The van der Waals surface area contributed by atoms with Crippen LogP contribution in [0, 0.1) is 25.2 Å². The molecule has 0 aliphatic carbocycles. The van der Waals surface area contributed by atoms with Crippen molar-refractivity contribution in [1.29, 1.82) is 5.26 Å². The summed E-state index contributed by atoms with van der Waals surface area (Å²) in [7, 11) is -2.45. The SMILES string of the molecule is Cc1cccc(CN(C)C(=O)C(CCn2cccc2C#N)NS(=O)(=O)c2c(C)cccc2Cl)c1. The number of nitriles is 1. The molecule has 1 atom stereocenters. The molecule has 34 heavy (non-hydrogen) atoms. The molecule has 7 nitrogen and oxygen atoms in total. The van der Waals surface area contributed by atoms with E-state index in [0.717, 1.165) is 11.1 Å². The molecular weight excluding hydrogens is 472 g/mol. The number of halogens is 1. The van der Waals surface area contributed by atoms with Crippen molar-refractivity contribution in [2.75, 3.05) is 7.05 Å². The van der Waals surface area contributed by atoms with Crippen LogP contribution in [0.15, 0.2) is 65.7 Å². The number of hydrogen-bond donors (Lipinski definition) is 1. The Hall–Kier alpha value is -3.12. The van der Waals surface area contributed by atoms with Crippen LogP contribution in [0.2, 0.25) is 5.02 Å². The first-order chi connectivity index (χ1) is 16.1. The zero-order chi connectivity index (χ0) is 24.9. The number of sulfonamides is 1. The topological polar surface area (TPSA) is 95.2 Å². The minimum atomic E-state index is -4.09. The highest BCUT2D eigenvalue weighted by molar-refractivity contribution is 7.89. The summed E-state index contributed by atoms with van der Waals surface area (Å²) in [5, 5.41) is 9.37. The molecule has 3 rings (SSSR count). The van der Waals surface area contributed by atoms with E-state index in [0.29, 0.717) is 17.8 Å². The van der Waals surface area contributed by atoms with E-state index in [-0.39, 0.29) is 28.8 Å². The molecule has 2 aromatic carbocycles. The molecule has 0 saturated heterocycles. The van der Waals surface area contributed by atoms with Gasteiger partial charge in [-0.25, -0.2) is 8.42 Å². The lowest BCUT2D eigenvalue weighted by Crippen LogP contribution is -2.47. The van der Waals surface area contributed by atoms with Gasteiger partial charge in [0.25, 0.3) is 0 Å². The van der Waals surface area contributed by atoms with Gasteiger partial charge >= 0.3 is 0 Å². The first-order valence-electron chi connectivity index (χ1n) is 10.8. The highest BCUT2D eigenvalue weighted by atomic mass is 35.5. The highest BCUT2D eigenvalue weighted by Gasteiger charge is 2.30. The number of benzene rings is 2. The van der Waals surface area contributed by atoms with Crippen molar-refractivity contribution in [1.82, 2.24) is 14.2 Å². The zero-order valence-electron chi connectivity index (χ0n) is 19.3. The van der Waals surface area contributed by atoms with Crippen molar-refractivity contribution in [3.8, 4) is 6.07 Å². The molecule has 0 fully saturated rings. The molecule has 0 aliphatic heterocycles. The first-order valence-corrected chi connectivity index (χ1v) is 12.6. The Labute approximate surface area is 205 Å². The number of aryl methyl sites for hydroxylation is 3. The third-order valence-corrected chi connectivity index (χ3v) is 7.61. The second-order valence-corrected chi connectivity index (χ2v) is 10.3. The van der Waals surface area contributed by atoms with Gasteiger partial charge in [-0.15, -0.1) is 0 Å². The van der Waals surface area contributed by atoms with Crippen molar-refractivity contribution in [2.45, 2.75) is 44.3 Å². The lowest BCUT2D eigenvalue weighted by molar-refractivity contribution is -0.132. The average molecular weight is 499 g/mol. The van der Waals surface area contributed by atoms with E-state index in [1.165, 1.54) is 11.0 Å². The van der Waals surface area contributed by atoms with Gasteiger partial charge in [-0.1, -0.05) is 53.6 Å². The van der Waals surface area contributed by atoms with E-state index in [1.54, 1.807) is 49.0 Å². The average Bonchev–Trinajstić information content (AvgIpc) is 3.23. The number of hydrogen-bond acceptors (Lipinski definition) is 4. The summed E-state index contributed by atoms with van der Waals surface area (Å²) in [5.41, 5.74) is 2.93. The number of rotatable bonds is 9. The Morgan fingerprint density at radius 2 is 1.91 bits per heavy atom. The van der Waals surface area contributed by atoms with Gasteiger partial charge in [-0.05, 0) is 49.6 Å². The Morgan fingerprint density at radius 3 is 2.59 bits per heavy atom. The molecule has 1 heterocycles. The summed E-state index contributed by atoms with van der Waals surface area (Å²) in [6.07, 6.45) is 1.88. The van der Waals surface area contributed by atoms with Gasteiger partial charge in [0.1, 0.15) is 22.7 Å². The fourth-order valence-corrected chi connectivity index (χ4v) is 5.90. The fourth-order valence-electron chi connectivity index (χ4n) is 3.84. The standard InChI is InChI=1S/C25H27ClN4O3S/c1-18-7-4-9-20(15-18)17-29(3)25(31)23(12-14-30-13-6-10-21(30)16-27)28-34(32,33)24-19(2)8-5-11-22(24)26/h4-11,13,15,23,28H,12,14,17H2,1-3H3. The first kappa shape index (κ1) is 25.5. The van der Waals surface area contributed by atoms with Gasteiger partial charge in [-0.3, -0.25) is 4.79 Å². The van der Waals surface area contributed by atoms with Gasteiger partial charge in [0.2, 0.25) is 15.9 Å². The van der Waals surface area contributed by atoms with E-state index in [2.05, 4.69) is 10.8 Å². The highest BCUT2D eigenvalue weighted by Crippen LogP contribution is 2.25. The van der Waals surface area contributed by atoms with Crippen LogP contribution < -0.4 is 4.72 Å². The maximum absolute atomic E-state index is 13.4. The molecular formula is C25H27ClN4O3S. The number of carbonyl (C=O) groups is 1. The van der Waals surface area contributed by atoms with Crippen molar-refractivity contribution < 1.29 is 13.2 Å². The Balaban J connectivity index is 1.88. The molecule has 9 heteroatoms. The number of carbonyl (C=O) groups excluding carboxylic acids is 1. The molecule has 1 N–H and O–H groups in total. The van der Waals surface area contributed by atoms with E-state index in [4.69, 9.17) is 11.6 Å². The molecule has 1 aromatic heterocycles. The van der Waals surface area contributed by atoms with E-state index in [1.807, 2.05) is 31.2 Å². The maximum Gasteiger partial charge on any atom is 0.243 e. The largest absolute Gasteiger partial charge is 0.340 e. The summed E-state index contributed by atoms with van der Waals surface area (Å²) in [4.78, 5) is 14.9. The van der Waals surface area contributed by atoms with Crippen LogP contribution in [-0.4, -0.2) is 36.9 Å². The molecule has 0 aliphatic rings. The second-order valence-electron chi connectivity index (χ2n) is 8.23. The van der Waals surface area contributed by atoms with Crippen LogP contribution in [0.4, 0.5) is 0 Å². The van der Waals surface area contributed by atoms with Crippen molar-refractivity contribution in [2.24, 2.45) is 0 Å². The minimum Gasteiger partial charge on any atom is -0.340 e. The smallest absolute Gasteiger partial charge is 0.243 e. The summed E-state index contributed by atoms with van der Waals surface area (Å²) in [6, 6.07) is 17.0. The number of nitrogens with zero attached hydrogens (tertiary/aromatic N) is 3. The third-order valence-electron chi connectivity index (χ3n) is 5.51. The predicted molar refractivity (Wildman–Crippen MR) is 132 cm³/mol. The van der Waals surface area contributed by atoms with Gasteiger partial charge in [0, 0.05) is 26.3 Å². The summed E-state index contributed by atoms with van der Waals surface area (Å²) in [6.45, 7) is 4.24. The lowest BCUT2D eigenvalue weighted by atomic mass is 10.1. The minimum absolute atomic E-state index is 0.0468. The lowest BCUT2D eigenvalue weighted by Gasteiger charge is -2.25. The van der Waals surface area contributed by atoms with Crippen LogP contribution in [0.1, 0.15) is 28.8 Å². The molecule has 0 radical (unpaired) electrons. The van der Waals surface area contributed by atoms with E-state index >= 15 is 0 Å². The van der Waals surface area contributed by atoms with Crippen LogP contribution in [0.5, 0.6) is 0 Å². The molecule has 0 bridgehead atoms. The molecule has 3 aromatic rings. The Kier molecular flexibility index (Phi) is 8.15. The normalized spacial score (nSPS) is 12.2. The van der Waals surface area contributed by atoms with Gasteiger partial charge in [-0.2, -0.15) is 9.98 Å². The van der Waals surface area contributed by atoms with Crippen LogP contribution in [0.25, 0.3) is 0 Å². The van der Waals surface area contributed by atoms with Crippen molar-refractivity contribution in [3.05, 3.63) is 88.2 Å². The van der Waals surface area contributed by atoms with E-state index in [9.17, 15) is 18.5 Å². The molecule has 0 saturated carbocycles. The van der Waals surface area contributed by atoms with Gasteiger partial charge in [0.15, 0.2) is 0 Å². The maximum atomic E-state index is 13.4. The monoisotopic (exact) mass is 498 g/mol. The van der Waals surface area contributed by atoms with Gasteiger partial charge in [0.05, 0.1) is 5.02 Å². The quantitative estimate of drug-likeness (QED) is 0.482. The molecule has 0 spiro atoms. The van der Waals surface area contributed by atoms with Crippen LogP contribution >= 0.6 is 11.6 Å². The van der Waals surface area contributed by atoms with Crippen LogP contribution in [-0.2, 0) is 27.9 Å². The number of aromatic nitrogens is 1. The third kappa shape index (κ3) is 6.06. The summed E-state index contributed by atoms with van der Waals surface area (Å²) in [5.74, 6) is -0.375.